The minimum atomic E-state index is -1.53. The average molecular weight is 431 g/mol. The van der Waals surface area contributed by atoms with Crippen molar-refractivity contribution in [2.45, 2.75) is 36.4 Å². The molecular weight excluding hydrogens is 409 g/mol. The monoisotopic (exact) mass is 431 g/mol. The van der Waals surface area contributed by atoms with E-state index in [2.05, 4.69) is 13.0 Å². The molecule has 0 bridgehead atoms. The Bertz CT molecular complexity index is 708. The summed E-state index contributed by atoms with van der Waals surface area (Å²) in [4.78, 5) is 0. The van der Waals surface area contributed by atoms with Gasteiger partial charge < -0.3 is 32.1 Å². The maximum absolute atomic E-state index is 10.4. The molecule has 0 spiro atoms. The predicted octanol–water partition coefficient (Wildman–Crippen LogP) is 0.578. The Morgan fingerprint density at radius 1 is 1.04 bits per heavy atom. The molecular formula is C20H22O5Y-2. The second kappa shape index (κ2) is 9.02. The van der Waals surface area contributed by atoms with Crippen LogP contribution in [0.25, 0.3) is 0 Å². The van der Waals surface area contributed by atoms with E-state index in [4.69, 9.17) is 4.74 Å². The summed E-state index contributed by atoms with van der Waals surface area (Å²) in [5.41, 5.74) is 1.03. The third-order valence-electron chi connectivity index (χ3n) is 4.65. The van der Waals surface area contributed by atoms with Crippen LogP contribution >= 0.6 is 0 Å². The first-order valence-corrected chi connectivity index (χ1v) is 8.19. The molecule has 1 radical (unpaired) electrons. The SMILES string of the molecule is [CH2-][C@@]1(c2[c-]ccc(Cc3ccccc3)c2)O[C@H](CO)[C@@H](O)[C@H](O)[C@H]1O.[Y]. The van der Waals surface area contributed by atoms with Gasteiger partial charge in [0.05, 0.1) is 12.7 Å². The van der Waals surface area contributed by atoms with Gasteiger partial charge in [0.2, 0.25) is 0 Å². The summed E-state index contributed by atoms with van der Waals surface area (Å²) in [6.45, 7) is 3.43. The van der Waals surface area contributed by atoms with Crippen LogP contribution in [0.5, 0.6) is 0 Å². The fraction of sp³-hybridized carbons (Fsp3) is 0.350. The summed E-state index contributed by atoms with van der Waals surface area (Å²) in [5.74, 6) is 0. The molecule has 2 aromatic carbocycles. The molecule has 1 heterocycles. The average Bonchev–Trinajstić information content (AvgIpc) is 2.64. The zero-order chi connectivity index (χ0) is 18.0. The minimum Gasteiger partial charge on any atom is -0.394 e. The van der Waals surface area contributed by atoms with Gasteiger partial charge in [-0.1, -0.05) is 30.3 Å². The molecule has 0 aliphatic carbocycles. The van der Waals surface area contributed by atoms with E-state index in [0.717, 1.165) is 11.1 Å². The zero-order valence-corrected chi connectivity index (χ0v) is 17.2. The molecule has 3 rings (SSSR count). The van der Waals surface area contributed by atoms with Crippen molar-refractivity contribution in [3.05, 3.63) is 78.2 Å². The predicted molar refractivity (Wildman–Crippen MR) is 91.5 cm³/mol. The summed E-state index contributed by atoms with van der Waals surface area (Å²) in [7, 11) is 0. The van der Waals surface area contributed by atoms with Gasteiger partial charge in [0.15, 0.2) is 0 Å². The molecule has 2 aromatic rings. The molecule has 137 valence electrons. The molecule has 5 atom stereocenters. The van der Waals surface area contributed by atoms with Crippen LogP contribution in [0.15, 0.2) is 48.5 Å². The molecule has 1 aliphatic heterocycles. The molecule has 4 N–H and O–H groups in total. The van der Waals surface area contributed by atoms with Crippen molar-refractivity contribution < 1.29 is 57.9 Å². The van der Waals surface area contributed by atoms with E-state index in [9.17, 15) is 20.4 Å². The Morgan fingerprint density at radius 2 is 1.73 bits per heavy atom. The van der Waals surface area contributed by atoms with Crippen LogP contribution in [0.3, 0.4) is 0 Å². The standard InChI is InChI=1S/C20H22O5.Y/c1-20(19(24)18(23)17(22)16(12-21)25-20)15-9-5-8-14(11-15)10-13-6-3-2-4-7-13;/h2-8,11,16-19,21-24H,1,10,12H2;/q-2;/t16-,17-,18+,19-,20+;/m1./s1. The minimum absolute atomic E-state index is 0. The first kappa shape index (κ1) is 21.6. The van der Waals surface area contributed by atoms with Crippen LogP contribution in [0.2, 0.25) is 0 Å². The third-order valence-corrected chi connectivity index (χ3v) is 4.65. The normalized spacial score (nSPS) is 31.3. The van der Waals surface area contributed by atoms with Crippen molar-refractivity contribution in [3.8, 4) is 0 Å². The maximum Gasteiger partial charge on any atom is 0.111 e. The van der Waals surface area contributed by atoms with Gasteiger partial charge in [-0.25, -0.2) is 0 Å². The van der Waals surface area contributed by atoms with Crippen molar-refractivity contribution in [3.63, 3.8) is 0 Å². The van der Waals surface area contributed by atoms with Gasteiger partial charge in [-0.05, 0) is 17.6 Å². The first-order valence-electron chi connectivity index (χ1n) is 8.19. The van der Waals surface area contributed by atoms with Crippen LogP contribution in [0.1, 0.15) is 16.7 Å². The fourth-order valence-electron chi connectivity index (χ4n) is 3.16. The van der Waals surface area contributed by atoms with E-state index in [1.165, 1.54) is 0 Å². The first-order chi connectivity index (χ1) is 12.0. The summed E-state index contributed by atoms with van der Waals surface area (Å²) in [5, 5.41) is 39.8. The van der Waals surface area contributed by atoms with Crippen molar-refractivity contribution in [1.29, 1.82) is 0 Å². The molecule has 1 saturated heterocycles. The maximum atomic E-state index is 10.4. The zero-order valence-electron chi connectivity index (χ0n) is 14.3. The number of hydrogen-bond acceptors (Lipinski definition) is 5. The van der Waals surface area contributed by atoms with Gasteiger partial charge in [0.25, 0.3) is 0 Å². The third kappa shape index (κ3) is 4.25. The molecule has 26 heavy (non-hydrogen) atoms. The number of ether oxygens (including phenoxy) is 1. The van der Waals surface area contributed by atoms with E-state index >= 15 is 0 Å². The summed E-state index contributed by atoms with van der Waals surface area (Å²) in [6.07, 6.45) is -4.67. The Hall–Kier alpha value is -0.656. The number of rotatable bonds is 4. The fourth-order valence-corrected chi connectivity index (χ4v) is 3.16. The Kier molecular flexibility index (Phi) is 7.51. The van der Waals surface area contributed by atoms with Gasteiger partial charge in [-0.2, -0.15) is 35.4 Å². The molecule has 0 aromatic heterocycles. The van der Waals surface area contributed by atoms with E-state index in [-0.39, 0.29) is 32.7 Å². The number of aliphatic hydroxyl groups excluding tert-OH is 4. The van der Waals surface area contributed by atoms with Crippen LogP contribution in [-0.2, 0) is 49.5 Å². The smallest absolute Gasteiger partial charge is 0.111 e. The largest absolute Gasteiger partial charge is 0.394 e. The van der Waals surface area contributed by atoms with Gasteiger partial charge >= 0.3 is 0 Å². The van der Waals surface area contributed by atoms with Crippen LogP contribution < -0.4 is 0 Å². The molecule has 1 fully saturated rings. The summed E-state index contributed by atoms with van der Waals surface area (Å²) < 4.78 is 5.66. The van der Waals surface area contributed by atoms with Gasteiger partial charge in [0, 0.05) is 32.7 Å². The van der Waals surface area contributed by atoms with Gasteiger partial charge in [-0.15, -0.1) is 0 Å². The van der Waals surface area contributed by atoms with E-state index in [0.29, 0.717) is 12.0 Å². The molecule has 0 amide bonds. The van der Waals surface area contributed by atoms with Crippen molar-refractivity contribution in [2.75, 3.05) is 6.61 Å². The number of benzene rings is 2. The van der Waals surface area contributed by atoms with Crippen molar-refractivity contribution in [1.82, 2.24) is 0 Å². The molecule has 6 heteroatoms. The number of aliphatic hydroxyl groups is 4. The molecule has 5 nitrogen and oxygen atoms in total. The van der Waals surface area contributed by atoms with E-state index in [1.54, 1.807) is 6.07 Å². The van der Waals surface area contributed by atoms with E-state index in [1.807, 2.05) is 42.5 Å². The Labute approximate surface area is 178 Å². The number of hydrogen-bond donors (Lipinski definition) is 4. The molecule has 0 saturated carbocycles. The van der Waals surface area contributed by atoms with E-state index < -0.39 is 36.6 Å². The Morgan fingerprint density at radius 3 is 2.38 bits per heavy atom. The van der Waals surface area contributed by atoms with Gasteiger partial charge in [0.1, 0.15) is 18.3 Å². The molecule has 1 aliphatic rings. The van der Waals surface area contributed by atoms with Crippen LogP contribution in [-0.4, -0.2) is 51.4 Å². The topological polar surface area (TPSA) is 90.2 Å². The van der Waals surface area contributed by atoms with Crippen LogP contribution in [0, 0.1) is 13.0 Å². The van der Waals surface area contributed by atoms with Crippen molar-refractivity contribution >= 4 is 0 Å². The second-order valence-corrected chi connectivity index (χ2v) is 6.43. The summed E-state index contributed by atoms with van der Waals surface area (Å²) in [6, 6.07) is 18.3. The molecule has 0 unspecified atom stereocenters. The second-order valence-electron chi connectivity index (χ2n) is 6.43. The Balaban J connectivity index is 0.00000243. The van der Waals surface area contributed by atoms with Gasteiger partial charge in [-0.3, -0.25) is 0 Å². The van der Waals surface area contributed by atoms with Crippen molar-refractivity contribution in [2.24, 2.45) is 0 Å². The quantitative estimate of drug-likeness (QED) is 0.532. The van der Waals surface area contributed by atoms with Crippen LogP contribution in [0.4, 0.5) is 0 Å². The summed E-state index contributed by atoms with van der Waals surface area (Å²) >= 11 is 0.